The third-order valence-electron chi connectivity index (χ3n) is 4.32. The van der Waals surface area contributed by atoms with Gasteiger partial charge in [0.25, 0.3) is 5.91 Å². The number of aromatic nitrogens is 2. The molecule has 1 fully saturated rings. The van der Waals surface area contributed by atoms with E-state index in [9.17, 15) is 9.59 Å². The first-order valence-corrected chi connectivity index (χ1v) is 10.3. The normalized spacial score (nSPS) is 15.3. The number of ether oxygens (including phenoxy) is 1. The Morgan fingerprint density at radius 3 is 2.56 bits per heavy atom. The summed E-state index contributed by atoms with van der Waals surface area (Å²) >= 11 is 7.36. The van der Waals surface area contributed by atoms with E-state index in [-0.39, 0.29) is 16.6 Å². The number of amides is 1. The van der Waals surface area contributed by atoms with Gasteiger partial charge in [0.15, 0.2) is 10.9 Å². The zero-order chi connectivity index (χ0) is 19.2. The van der Waals surface area contributed by atoms with E-state index >= 15 is 0 Å². The number of carbonyl (C=O) groups is 2. The molecule has 27 heavy (non-hydrogen) atoms. The van der Waals surface area contributed by atoms with Crippen molar-refractivity contribution in [1.29, 1.82) is 0 Å². The minimum atomic E-state index is -1.03. The summed E-state index contributed by atoms with van der Waals surface area (Å²) in [6.07, 6.45) is 5.14. The summed E-state index contributed by atoms with van der Waals surface area (Å²) in [5.74, 6) is -0.957. The van der Waals surface area contributed by atoms with Gasteiger partial charge in [0, 0.05) is 18.7 Å². The Bertz CT molecular complexity index is 813. The van der Waals surface area contributed by atoms with Gasteiger partial charge in [-0.1, -0.05) is 53.7 Å². The molecule has 1 atom stereocenters. The monoisotopic (exact) mass is 405 g/mol. The van der Waals surface area contributed by atoms with E-state index in [0.29, 0.717) is 23.8 Å². The number of nitrogens with zero attached hydrogens (tertiary/aromatic N) is 3. The standard InChI is InChI=1S/C19H20ClN3O3S/c1-27-19-21-12-14(20)15(22-19)18(25)26-16(13-8-4-2-5-9-13)17(24)23-10-6-3-7-11-23/h2,4-5,8-9,12,16H,3,6-7,10-11H2,1H3/t16-/m0/s1. The largest absolute Gasteiger partial charge is 0.443 e. The molecule has 0 bridgehead atoms. The van der Waals surface area contributed by atoms with Crippen molar-refractivity contribution in [2.75, 3.05) is 19.3 Å². The van der Waals surface area contributed by atoms with Crippen LogP contribution < -0.4 is 0 Å². The number of hydrogen-bond acceptors (Lipinski definition) is 6. The van der Waals surface area contributed by atoms with Crippen molar-refractivity contribution in [3.8, 4) is 0 Å². The van der Waals surface area contributed by atoms with Crippen molar-refractivity contribution in [3.05, 3.63) is 52.8 Å². The lowest BCUT2D eigenvalue weighted by atomic mass is 10.1. The summed E-state index contributed by atoms with van der Waals surface area (Å²) in [7, 11) is 0. The number of thioether (sulfide) groups is 1. The predicted molar refractivity (Wildman–Crippen MR) is 104 cm³/mol. The second-order valence-electron chi connectivity index (χ2n) is 6.14. The molecule has 2 heterocycles. The molecule has 0 N–H and O–H groups in total. The van der Waals surface area contributed by atoms with Gasteiger partial charge in [0.1, 0.15) is 0 Å². The summed E-state index contributed by atoms with van der Waals surface area (Å²) < 4.78 is 5.60. The fourth-order valence-corrected chi connectivity index (χ4v) is 3.43. The second-order valence-corrected chi connectivity index (χ2v) is 7.32. The Morgan fingerprint density at radius 2 is 1.89 bits per heavy atom. The molecule has 6 nitrogen and oxygen atoms in total. The zero-order valence-electron chi connectivity index (χ0n) is 14.9. The van der Waals surface area contributed by atoms with Gasteiger partial charge in [-0.3, -0.25) is 4.79 Å². The van der Waals surface area contributed by atoms with Gasteiger partial charge < -0.3 is 9.64 Å². The van der Waals surface area contributed by atoms with E-state index in [1.807, 2.05) is 18.2 Å². The van der Waals surface area contributed by atoms with Crippen molar-refractivity contribution < 1.29 is 14.3 Å². The van der Waals surface area contributed by atoms with Gasteiger partial charge in [0.2, 0.25) is 6.10 Å². The summed E-state index contributed by atoms with van der Waals surface area (Å²) in [5, 5.41) is 0.500. The van der Waals surface area contributed by atoms with Gasteiger partial charge in [-0.25, -0.2) is 14.8 Å². The first-order valence-electron chi connectivity index (χ1n) is 8.71. The van der Waals surface area contributed by atoms with E-state index in [1.54, 1.807) is 23.3 Å². The number of halogens is 1. The molecule has 1 aliphatic rings. The molecule has 0 aliphatic carbocycles. The molecule has 1 saturated heterocycles. The Labute approximate surface area is 167 Å². The van der Waals surface area contributed by atoms with Crippen LogP contribution in [0.25, 0.3) is 0 Å². The first-order chi connectivity index (χ1) is 13.1. The molecule has 2 aromatic rings. The molecule has 142 valence electrons. The number of esters is 1. The number of benzene rings is 1. The van der Waals surface area contributed by atoms with Gasteiger partial charge in [-0.05, 0) is 25.5 Å². The van der Waals surface area contributed by atoms with Crippen molar-refractivity contribution in [3.63, 3.8) is 0 Å². The number of hydrogen-bond donors (Lipinski definition) is 0. The van der Waals surface area contributed by atoms with Crippen LogP contribution in [0.1, 0.15) is 41.4 Å². The smallest absolute Gasteiger partial charge is 0.359 e. The van der Waals surface area contributed by atoms with E-state index < -0.39 is 12.1 Å². The molecule has 1 aromatic carbocycles. The van der Waals surface area contributed by atoms with Gasteiger partial charge >= 0.3 is 5.97 Å². The predicted octanol–water partition coefficient (Wildman–Crippen LogP) is 3.76. The molecule has 8 heteroatoms. The Hall–Kier alpha value is -2.12. The van der Waals surface area contributed by atoms with Gasteiger partial charge in [-0.15, -0.1) is 0 Å². The Kier molecular flexibility index (Phi) is 6.68. The van der Waals surface area contributed by atoms with Crippen molar-refractivity contribution >= 4 is 35.2 Å². The van der Waals surface area contributed by atoms with E-state index in [0.717, 1.165) is 19.3 Å². The molecular weight excluding hydrogens is 386 g/mol. The molecule has 0 spiro atoms. The van der Waals surface area contributed by atoms with Crippen molar-refractivity contribution in [1.82, 2.24) is 14.9 Å². The van der Waals surface area contributed by atoms with Crippen LogP contribution in [0.3, 0.4) is 0 Å². The summed E-state index contributed by atoms with van der Waals surface area (Å²) in [6, 6.07) is 9.01. The van der Waals surface area contributed by atoms with Crippen LogP contribution in [0.4, 0.5) is 0 Å². The minimum Gasteiger partial charge on any atom is -0.443 e. The maximum atomic E-state index is 13.1. The average molecular weight is 406 g/mol. The van der Waals surface area contributed by atoms with E-state index in [2.05, 4.69) is 9.97 Å². The molecule has 0 radical (unpaired) electrons. The third-order valence-corrected chi connectivity index (χ3v) is 5.16. The van der Waals surface area contributed by atoms with Gasteiger partial charge in [0.05, 0.1) is 11.2 Å². The molecule has 0 saturated carbocycles. The van der Waals surface area contributed by atoms with E-state index in [1.165, 1.54) is 18.0 Å². The Balaban J connectivity index is 1.87. The highest BCUT2D eigenvalue weighted by molar-refractivity contribution is 7.98. The summed E-state index contributed by atoms with van der Waals surface area (Å²) in [5.41, 5.74) is 0.583. The van der Waals surface area contributed by atoms with Crippen LogP contribution in [-0.4, -0.2) is 46.1 Å². The molecule has 3 rings (SSSR count). The summed E-state index contributed by atoms with van der Waals surface area (Å²) in [4.78, 5) is 35.7. The highest BCUT2D eigenvalue weighted by Gasteiger charge is 2.31. The topological polar surface area (TPSA) is 72.4 Å². The highest BCUT2D eigenvalue weighted by Crippen LogP contribution is 2.25. The number of likely N-dealkylation sites (tertiary alicyclic amines) is 1. The number of carbonyl (C=O) groups excluding carboxylic acids is 2. The van der Waals surface area contributed by atoms with Crippen LogP contribution in [0.15, 0.2) is 41.7 Å². The fraction of sp³-hybridized carbons (Fsp3) is 0.368. The third kappa shape index (κ3) is 4.78. The number of piperidine rings is 1. The highest BCUT2D eigenvalue weighted by atomic mass is 35.5. The zero-order valence-corrected chi connectivity index (χ0v) is 16.5. The number of rotatable bonds is 5. The van der Waals surface area contributed by atoms with Crippen molar-refractivity contribution in [2.24, 2.45) is 0 Å². The maximum Gasteiger partial charge on any atom is 0.359 e. The van der Waals surface area contributed by atoms with Gasteiger partial charge in [-0.2, -0.15) is 0 Å². The molecule has 0 unspecified atom stereocenters. The molecule has 1 amide bonds. The van der Waals surface area contributed by atoms with E-state index in [4.69, 9.17) is 16.3 Å². The molecular formula is C19H20ClN3O3S. The maximum absolute atomic E-state index is 13.1. The molecule has 1 aliphatic heterocycles. The van der Waals surface area contributed by atoms with Crippen molar-refractivity contribution in [2.45, 2.75) is 30.5 Å². The van der Waals surface area contributed by atoms with Crippen LogP contribution >= 0.6 is 23.4 Å². The average Bonchev–Trinajstić information content (AvgIpc) is 2.73. The van der Waals surface area contributed by atoms with Crippen LogP contribution in [0.5, 0.6) is 0 Å². The molecule has 1 aromatic heterocycles. The second kappa shape index (κ2) is 9.19. The van der Waals surface area contributed by atoms with Crippen LogP contribution in [-0.2, 0) is 9.53 Å². The fourth-order valence-electron chi connectivity index (χ4n) is 2.92. The van der Waals surface area contributed by atoms with Crippen LogP contribution in [0.2, 0.25) is 5.02 Å². The SMILES string of the molecule is CSc1ncc(Cl)c(C(=O)O[C@H](C(=O)N2CCCCC2)c2ccccc2)n1. The lowest BCUT2D eigenvalue weighted by Gasteiger charge is -2.30. The minimum absolute atomic E-state index is 0.0385. The van der Waals surface area contributed by atoms with Crippen LogP contribution in [0, 0.1) is 0 Å². The quantitative estimate of drug-likeness (QED) is 0.428. The summed E-state index contributed by atoms with van der Waals surface area (Å²) in [6.45, 7) is 1.34. The lowest BCUT2D eigenvalue weighted by molar-refractivity contribution is -0.142. The first kappa shape index (κ1) is 19.6. The lowest BCUT2D eigenvalue weighted by Crippen LogP contribution is -2.40. The Morgan fingerprint density at radius 1 is 1.19 bits per heavy atom.